The highest BCUT2D eigenvalue weighted by molar-refractivity contribution is 7.57. The van der Waals surface area contributed by atoms with Crippen molar-refractivity contribution in [1.82, 2.24) is 24.6 Å². The van der Waals surface area contributed by atoms with Gasteiger partial charge in [-0.15, -0.1) is 0 Å². The van der Waals surface area contributed by atoms with Crippen LogP contribution in [0, 0.1) is 0 Å². The number of hydrogen-bond donors (Lipinski definition) is 2. The zero-order valence-corrected chi connectivity index (χ0v) is 20.9. The largest absolute Gasteiger partial charge is 0.459 e. The first-order valence-electron chi connectivity index (χ1n) is 10.8. The van der Waals surface area contributed by atoms with E-state index in [4.69, 9.17) is 19.7 Å². The van der Waals surface area contributed by atoms with Crippen molar-refractivity contribution < 1.29 is 23.4 Å². The number of fused-ring (bicyclic) bond motifs is 1. The molecule has 0 aliphatic rings. The van der Waals surface area contributed by atoms with Gasteiger partial charge in [0.15, 0.2) is 11.5 Å². The van der Waals surface area contributed by atoms with E-state index in [1.807, 2.05) is 13.0 Å². The van der Waals surface area contributed by atoms with Crippen LogP contribution < -0.4 is 15.3 Å². The first-order valence-corrected chi connectivity index (χ1v) is 12.6. The van der Waals surface area contributed by atoms with Crippen LogP contribution in [0.1, 0.15) is 34.6 Å². The summed E-state index contributed by atoms with van der Waals surface area (Å²) in [5, 5.41) is 2.79. The van der Waals surface area contributed by atoms with E-state index in [0.717, 1.165) is 0 Å². The van der Waals surface area contributed by atoms with Crippen LogP contribution in [-0.4, -0.2) is 49.6 Å². The predicted octanol–water partition coefficient (Wildman–Crippen LogP) is 3.36. The minimum atomic E-state index is -3.66. The van der Waals surface area contributed by atoms with E-state index in [9.17, 15) is 9.36 Å². The maximum atomic E-state index is 13.7. The molecule has 0 fully saturated rings. The van der Waals surface area contributed by atoms with E-state index in [1.54, 1.807) is 62.9 Å². The molecule has 3 aromatic rings. The lowest BCUT2D eigenvalue weighted by molar-refractivity contribution is -0.156. The molecule has 1 aromatic carbocycles. The number of rotatable bonds is 10. The van der Waals surface area contributed by atoms with Gasteiger partial charge in [-0.2, -0.15) is 0 Å². The van der Waals surface area contributed by atoms with Crippen molar-refractivity contribution >= 4 is 30.5 Å². The smallest absolute Gasteiger partial charge is 0.342 e. The summed E-state index contributed by atoms with van der Waals surface area (Å²) >= 11 is 0. The Morgan fingerprint density at radius 3 is 2.56 bits per heavy atom. The van der Waals surface area contributed by atoms with E-state index in [2.05, 4.69) is 20.0 Å². The molecule has 2 aromatic heterocycles. The third-order valence-electron chi connectivity index (χ3n) is 4.56. The van der Waals surface area contributed by atoms with Crippen molar-refractivity contribution in [2.45, 2.75) is 58.9 Å². The number of nitrogens with two attached hydrogens (primary N) is 1. The van der Waals surface area contributed by atoms with Crippen molar-refractivity contribution in [1.29, 1.82) is 0 Å². The fourth-order valence-electron chi connectivity index (χ4n) is 3.07. The minimum Gasteiger partial charge on any atom is -0.459 e. The summed E-state index contributed by atoms with van der Waals surface area (Å²) in [7, 11) is -3.66. The van der Waals surface area contributed by atoms with Crippen LogP contribution in [0.25, 0.3) is 11.2 Å². The molecule has 0 bridgehead atoms. The van der Waals surface area contributed by atoms with Gasteiger partial charge in [-0.05, 0) is 46.8 Å². The number of anilines is 1. The molecule has 2 heterocycles. The van der Waals surface area contributed by atoms with Gasteiger partial charge in [0.25, 0.3) is 0 Å². The molecule has 3 rings (SSSR count). The van der Waals surface area contributed by atoms with Crippen molar-refractivity contribution in [3.05, 3.63) is 43.0 Å². The molecule has 0 amide bonds. The molecule has 0 aliphatic heterocycles. The molecule has 3 N–H and O–H groups in total. The lowest BCUT2D eigenvalue weighted by Crippen LogP contribution is -2.39. The molecule has 0 aliphatic carbocycles. The van der Waals surface area contributed by atoms with Crippen molar-refractivity contribution in [3.63, 3.8) is 0 Å². The highest BCUT2D eigenvalue weighted by Crippen LogP contribution is 2.44. The summed E-state index contributed by atoms with van der Waals surface area (Å²) in [5.74, 6) is 0.136. The number of esters is 1. The second-order valence-corrected chi connectivity index (χ2v) is 10.9. The molecule has 0 saturated heterocycles. The Balaban J connectivity index is 1.70. The lowest BCUT2D eigenvalue weighted by atomic mass is 10.2. The van der Waals surface area contributed by atoms with Gasteiger partial charge in [0.2, 0.25) is 0 Å². The SMILES string of the molecule is CC(Cn1cnc2c(N)ncnc21)OCP(=O)(NC(C)C(=O)OC(C)(C)C)Oc1ccccc1. The normalized spacial score (nSPS) is 15.4. The number of carbonyl (C=O) groups excluding carboxylic acids is 1. The van der Waals surface area contributed by atoms with Crippen molar-refractivity contribution in [2.75, 3.05) is 12.1 Å². The van der Waals surface area contributed by atoms with Crippen LogP contribution in [-0.2, 0) is 25.4 Å². The monoisotopic (exact) mass is 490 g/mol. The summed E-state index contributed by atoms with van der Waals surface area (Å²) in [6.07, 6.45) is 2.30. The van der Waals surface area contributed by atoms with Gasteiger partial charge in [0.1, 0.15) is 35.6 Å². The number of imidazole rings is 1. The average molecular weight is 491 g/mol. The first-order chi connectivity index (χ1) is 16.0. The van der Waals surface area contributed by atoms with Gasteiger partial charge in [0.05, 0.1) is 19.0 Å². The quantitative estimate of drug-likeness (QED) is 0.321. The number of benzene rings is 1. The van der Waals surface area contributed by atoms with Gasteiger partial charge < -0.3 is 24.3 Å². The fourth-order valence-corrected chi connectivity index (χ4v) is 4.86. The third kappa shape index (κ3) is 6.99. The topological polar surface area (TPSA) is 143 Å². The summed E-state index contributed by atoms with van der Waals surface area (Å²) < 4.78 is 32.5. The van der Waals surface area contributed by atoms with Crippen LogP contribution in [0.15, 0.2) is 43.0 Å². The van der Waals surface area contributed by atoms with E-state index < -0.39 is 25.1 Å². The first kappa shape index (κ1) is 25.6. The Morgan fingerprint density at radius 1 is 1.18 bits per heavy atom. The Hall–Kier alpha value is -3.01. The summed E-state index contributed by atoms with van der Waals surface area (Å²) in [6.45, 7) is 9.06. The minimum absolute atomic E-state index is 0.278. The van der Waals surface area contributed by atoms with Gasteiger partial charge in [0, 0.05) is 0 Å². The number of hydrogen-bond acceptors (Lipinski definition) is 9. The van der Waals surface area contributed by atoms with Crippen LogP contribution in [0.4, 0.5) is 5.82 Å². The standard InChI is InChI=1S/C22H31N6O5P/c1-15(11-28-13-26-18-19(23)24-12-25-20(18)28)31-14-34(30,33-17-9-7-6-8-10-17)27-16(2)21(29)32-22(3,4)5/h6-10,12-13,15-16H,11,14H2,1-5H3,(H,27,30)(H2,23,24,25). The Morgan fingerprint density at radius 2 is 1.88 bits per heavy atom. The number of nitrogens with one attached hydrogen (secondary N) is 1. The molecular weight excluding hydrogens is 459 g/mol. The zero-order valence-electron chi connectivity index (χ0n) is 20.0. The van der Waals surface area contributed by atoms with Gasteiger partial charge in [-0.1, -0.05) is 18.2 Å². The molecular formula is C22H31N6O5P. The van der Waals surface area contributed by atoms with Crippen molar-refractivity contribution in [2.24, 2.45) is 0 Å². The number of para-hydroxylation sites is 1. The fraction of sp³-hybridized carbons (Fsp3) is 0.455. The van der Waals surface area contributed by atoms with Crippen molar-refractivity contribution in [3.8, 4) is 5.75 Å². The van der Waals surface area contributed by atoms with Gasteiger partial charge in [-0.3, -0.25) is 9.36 Å². The number of aromatic nitrogens is 4. The molecule has 11 nitrogen and oxygen atoms in total. The second kappa shape index (κ2) is 10.5. The maximum absolute atomic E-state index is 13.7. The highest BCUT2D eigenvalue weighted by Gasteiger charge is 2.33. The van der Waals surface area contributed by atoms with Crippen LogP contribution in [0.5, 0.6) is 5.75 Å². The molecule has 0 spiro atoms. The Kier molecular flexibility index (Phi) is 7.91. The Bertz CT molecular complexity index is 1160. The second-order valence-electron chi connectivity index (χ2n) is 8.90. The van der Waals surface area contributed by atoms with Crippen LogP contribution >= 0.6 is 7.52 Å². The highest BCUT2D eigenvalue weighted by atomic mass is 31.2. The molecule has 3 atom stereocenters. The average Bonchev–Trinajstić information content (AvgIpc) is 3.16. The van der Waals surface area contributed by atoms with Gasteiger partial charge >= 0.3 is 13.5 Å². The summed E-state index contributed by atoms with van der Waals surface area (Å²) in [5.41, 5.74) is 6.24. The van der Waals surface area contributed by atoms with Crippen LogP contribution in [0.2, 0.25) is 0 Å². The van der Waals surface area contributed by atoms with E-state index in [1.165, 1.54) is 6.33 Å². The molecule has 0 radical (unpaired) electrons. The van der Waals surface area contributed by atoms with Gasteiger partial charge in [-0.25, -0.2) is 20.0 Å². The summed E-state index contributed by atoms with van der Waals surface area (Å²) in [6, 6.07) is 7.81. The Labute approximate surface area is 198 Å². The molecule has 34 heavy (non-hydrogen) atoms. The number of ether oxygens (including phenoxy) is 2. The zero-order chi connectivity index (χ0) is 24.9. The number of carbonyl (C=O) groups is 1. The van der Waals surface area contributed by atoms with E-state index >= 15 is 0 Å². The number of nitrogens with zero attached hydrogens (tertiary/aromatic N) is 4. The molecule has 12 heteroatoms. The van der Waals surface area contributed by atoms with E-state index in [-0.39, 0.29) is 12.5 Å². The lowest BCUT2D eigenvalue weighted by Gasteiger charge is -2.27. The van der Waals surface area contributed by atoms with E-state index in [0.29, 0.717) is 29.3 Å². The van der Waals surface area contributed by atoms with Crippen LogP contribution in [0.3, 0.4) is 0 Å². The summed E-state index contributed by atoms with van der Waals surface area (Å²) in [4.78, 5) is 24.8. The third-order valence-corrected chi connectivity index (χ3v) is 6.33. The molecule has 3 unspecified atom stereocenters. The number of nitrogen functional groups attached to an aromatic ring is 1. The maximum Gasteiger partial charge on any atom is 0.342 e. The molecule has 184 valence electrons. The predicted molar refractivity (Wildman–Crippen MR) is 128 cm³/mol. The molecule has 0 saturated carbocycles.